The first-order valence-corrected chi connectivity index (χ1v) is 12.4. The number of esters is 1. The summed E-state index contributed by atoms with van der Waals surface area (Å²) in [6, 6.07) is 8.19. The summed E-state index contributed by atoms with van der Waals surface area (Å²) >= 11 is 2.49. The number of aryl methyl sites for hydroxylation is 3. The molecule has 0 aliphatic heterocycles. The first-order chi connectivity index (χ1) is 15.8. The van der Waals surface area contributed by atoms with E-state index in [2.05, 4.69) is 46.5 Å². The number of hydrogen-bond acceptors (Lipinski definition) is 8. The molecule has 172 valence electrons. The molecule has 0 radical (unpaired) electrons. The number of carbonyl (C=O) groups excluding carboxylic acids is 2. The van der Waals surface area contributed by atoms with Crippen molar-refractivity contribution in [1.29, 1.82) is 0 Å². The van der Waals surface area contributed by atoms with Crippen LogP contribution in [0.25, 0.3) is 16.6 Å². The first kappa shape index (κ1) is 23.2. The van der Waals surface area contributed by atoms with Crippen molar-refractivity contribution in [2.75, 3.05) is 11.9 Å². The second-order valence-electron chi connectivity index (χ2n) is 7.63. The molecule has 1 N–H and O–H groups in total. The molecule has 0 fully saturated rings. The van der Waals surface area contributed by atoms with E-state index < -0.39 is 11.2 Å². The van der Waals surface area contributed by atoms with E-state index >= 15 is 0 Å². The minimum absolute atomic E-state index is 0.198. The molecule has 1 unspecified atom stereocenters. The minimum Gasteiger partial charge on any atom is -0.462 e. The van der Waals surface area contributed by atoms with Gasteiger partial charge in [0, 0.05) is 5.39 Å². The summed E-state index contributed by atoms with van der Waals surface area (Å²) in [6.45, 7) is 9.83. The van der Waals surface area contributed by atoms with Crippen molar-refractivity contribution >= 4 is 56.7 Å². The molecular formula is C23H25N5O3S2. The van der Waals surface area contributed by atoms with Crippen LogP contribution >= 0.6 is 23.1 Å². The molecule has 3 heterocycles. The molecule has 1 amide bonds. The highest BCUT2D eigenvalue weighted by atomic mass is 32.2. The standard InChI is InChI=1S/C23H25N5O3S2/c1-6-16(20(29)25-22-24-14(5)19(33-22)21(30)31-7-2)32-23-27-26-17-11-13(4)15-10-8-9-12(3)18(15)28(17)23/h8-11,16H,6-7H2,1-5H3,(H,24,25,29). The summed E-state index contributed by atoms with van der Waals surface area (Å²) in [4.78, 5) is 29.9. The third-order valence-corrected chi connectivity index (χ3v) is 7.65. The summed E-state index contributed by atoms with van der Waals surface area (Å²) in [5.74, 6) is -0.626. The fraction of sp³-hybridized carbons (Fsp3) is 0.348. The SMILES string of the molecule is CCOC(=O)c1sc(NC(=O)C(CC)Sc2nnc3cc(C)c4cccc(C)c4n23)nc1C. The van der Waals surface area contributed by atoms with Gasteiger partial charge in [0.2, 0.25) is 5.91 Å². The number of thioether (sulfide) groups is 1. The van der Waals surface area contributed by atoms with Crippen molar-refractivity contribution in [2.24, 2.45) is 0 Å². The van der Waals surface area contributed by atoms with E-state index in [1.165, 1.54) is 11.8 Å². The maximum atomic E-state index is 13.1. The molecule has 1 aromatic carbocycles. The second kappa shape index (κ2) is 9.48. The normalized spacial score (nSPS) is 12.3. The van der Waals surface area contributed by atoms with Crippen LogP contribution < -0.4 is 5.32 Å². The molecule has 8 nitrogen and oxygen atoms in total. The van der Waals surface area contributed by atoms with Gasteiger partial charge in [-0.05, 0) is 51.3 Å². The molecule has 4 aromatic rings. The zero-order chi connectivity index (χ0) is 23.7. The number of benzene rings is 1. The van der Waals surface area contributed by atoms with E-state index in [-0.39, 0.29) is 12.5 Å². The molecule has 33 heavy (non-hydrogen) atoms. The van der Waals surface area contributed by atoms with E-state index in [1.807, 2.05) is 23.5 Å². The number of para-hydroxylation sites is 1. The Kier molecular flexibility index (Phi) is 6.66. The number of ether oxygens (including phenoxy) is 1. The molecule has 0 aliphatic rings. The van der Waals surface area contributed by atoms with Gasteiger partial charge in [-0.3, -0.25) is 9.20 Å². The van der Waals surface area contributed by atoms with Gasteiger partial charge in [-0.2, -0.15) is 0 Å². The lowest BCUT2D eigenvalue weighted by molar-refractivity contribution is -0.115. The Morgan fingerprint density at radius 1 is 1.18 bits per heavy atom. The van der Waals surface area contributed by atoms with Crippen LogP contribution in [-0.4, -0.2) is 43.3 Å². The van der Waals surface area contributed by atoms with Crippen LogP contribution in [0.4, 0.5) is 5.13 Å². The smallest absolute Gasteiger partial charge is 0.350 e. The highest BCUT2D eigenvalue weighted by molar-refractivity contribution is 8.00. The van der Waals surface area contributed by atoms with Crippen molar-refractivity contribution in [3.05, 3.63) is 46.0 Å². The molecule has 0 saturated carbocycles. The van der Waals surface area contributed by atoms with Crippen LogP contribution in [-0.2, 0) is 9.53 Å². The van der Waals surface area contributed by atoms with Crippen molar-refractivity contribution in [1.82, 2.24) is 19.6 Å². The summed E-state index contributed by atoms with van der Waals surface area (Å²) in [5, 5.41) is 13.4. The van der Waals surface area contributed by atoms with Gasteiger partial charge in [-0.1, -0.05) is 48.2 Å². The summed E-state index contributed by atoms with van der Waals surface area (Å²) < 4.78 is 7.08. The van der Waals surface area contributed by atoms with Crippen LogP contribution in [0.2, 0.25) is 0 Å². The van der Waals surface area contributed by atoms with Crippen LogP contribution in [0.15, 0.2) is 29.4 Å². The molecule has 1 atom stereocenters. The monoisotopic (exact) mass is 483 g/mol. The average molecular weight is 484 g/mol. The molecule has 0 aliphatic carbocycles. The third kappa shape index (κ3) is 4.45. The van der Waals surface area contributed by atoms with Crippen LogP contribution in [0.5, 0.6) is 0 Å². The highest BCUT2D eigenvalue weighted by Gasteiger charge is 2.24. The van der Waals surface area contributed by atoms with Crippen molar-refractivity contribution in [3.63, 3.8) is 0 Å². The predicted octanol–water partition coefficient (Wildman–Crippen LogP) is 4.95. The zero-order valence-electron chi connectivity index (χ0n) is 19.1. The van der Waals surface area contributed by atoms with Crippen molar-refractivity contribution < 1.29 is 14.3 Å². The highest BCUT2D eigenvalue weighted by Crippen LogP contribution is 2.31. The number of amides is 1. The number of hydrogen-bond donors (Lipinski definition) is 1. The maximum Gasteiger partial charge on any atom is 0.350 e. The Balaban J connectivity index is 1.62. The van der Waals surface area contributed by atoms with Crippen molar-refractivity contribution in [3.8, 4) is 0 Å². The summed E-state index contributed by atoms with van der Waals surface area (Å²) in [6.07, 6.45) is 0.587. The number of fused-ring (bicyclic) bond motifs is 3. The Bertz CT molecular complexity index is 1360. The van der Waals surface area contributed by atoms with Gasteiger partial charge in [0.05, 0.1) is 23.1 Å². The molecule has 3 aromatic heterocycles. The van der Waals surface area contributed by atoms with Crippen LogP contribution in [0.1, 0.15) is 46.8 Å². The number of nitrogens with zero attached hydrogens (tertiary/aromatic N) is 4. The average Bonchev–Trinajstić information content (AvgIpc) is 3.35. The Morgan fingerprint density at radius 2 is 1.97 bits per heavy atom. The van der Waals surface area contributed by atoms with Gasteiger partial charge >= 0.3 is 5.97 Å². The van der Waals surface area contributed by atoms with Crippen LogP contribution in [0, 0.1) is 20.8 Å². The Morgan fingerprint density at radius 3 is 2.70 bits per heavy atom. The van der Waals surface area contributed by atoms with Gasteiger partial charge in [-0.15, -0.1) is 10.2 Å². The summed E-state index contributed by atoms with van der Waals surface area (Å²) in [5.41, 5.74) is 4.58. The van der Waals surface area contributed by atoms with E-state index in [1.54, 1.807) is 13.8 Å². The van der Waals surface area contributed by atoms with Gasteiger partial charge in [0.25, 0.3) is 0 Å². The minimum atomic E-state index is -0.429. The van der Waals surface area contributed by atoms with Gasteiger partial charge < -0.3 is 10.1 Å². The maximum absolute atomic E-state index is 13.1. The number of aromatic nitrogens is 4. The van der Waals surface area contributed by atoms with Gasteiger partial charge in [-0.25, -0.2) is 9.78 Å². The number of pyridine rings is 1. The van der Waals surface area contributed by atoms with Gasteiger partial charge in [0.1, 0.15) is 4.88 Å². The lowest BCUT2D eigenvalue weighted by atomic mass is 10.1. The topological polar surface area (TPSA) is 98.5 Å². The quantitative estimate of drug-likeness (QED) is 0.293. The Labute approximate surface area is 199 Å². The number of thiazole rings is 1. The fourth-order valence-electron chi connectivity index (χ4n) is 3.68. The molecule has 0 spiro atoms. The van der Waals surface area contributed by atoms with E-state index in [4.69, 9.17) is 4.74 Å². The zero-order valence-corrected chi connectivity index (χ0v) is 20.8. The molecular weight excluding hydrogens is 458 g/mol. The molecule has 0 saturated heterocycles. The number of carbonyl (C=O) groups is 2. The lowest BCUT2D eigenvalue weighted by Crippen LogP contribution is -2.24. The number of rotatable bonds is 7. The van der Waals surface area contributed by atoms with E-state index in [9.17, 15) is 9.59 Å². The van der Waals surface area contributed by atoms with Crippen LogP contribution in [0.3, 0.4) is 0 Å². The largest absolute Gasteiger partial charge is 0.462 e. The Hall–Kier alpha value is -2.98. The van der Waals surface area contributed by atoms with Gasteiger partial charge in [0.15, 0.2) is 15.9 Å². The molecule has 10 heteroatoms. The van der Waals surface area contributed by atoms with E-state index in [0.717, 1.165) is 39.0 Å². The third-order valence-electron chi connectivity index (χ3n) is 5.29. The summed E-state index contributed by atoms with van der Waals surface area (Å²) in [7, 11) is 0. The number of nitrogens with one attached hydrogen (secondary N) is 1. The number of anilines is 1. The fourth-order valence-corrected chi connectivity index (χ4v) is 5.51. The molecule has 0 bridgehead atoms. The van der Waals surface area contributed by atoms with E-state index in [0.29, 0.717) is 27.3 Å². The first-order valence-electron chi connectivity index (χ1n) is 10.7. The predicted molar refractivity (Wildman–Crippen MR) is 131 cm³/mol. The lowest BCUT2D eigenvalue weighted by Gasteiger charge is -2.14. The second-order valence-corrected chi connectivity index (χ2v) is 9.80. The molecule has 4 rings (SSSR count). The van der Waals surface area contributed by atoms with Crippen molar-refractivity contribution in [2.45, 2.75) is 51.4 Å².